The van der Waals surface area contributed by atoms with Gasteiger partial charge in [-0.15, -0.1) is 0 Å². The summed E-state index contributed by atoms with van der Waals surface area (Å²) in [5.74, 6) is 0. The van der Waals surface area contributed by atoms with E-state index in [1.807, 2.05) is 12.2 Å². The first-order valence-electron chi connectivity index (χ1n) is 5.60. The van der Waals surface area contributed by atoms with Gasteiger partial charge in [-0.25, -0.2) is 0 Å². The minimum absolute atomic E-state index is 0. The number of rotatable bonds is 2. The quantitative estimate of drug-likeness (QED) is 0.729. The van der Waals surface area contributed by atoms with Crippen LogP contribution in [0.3, 0.4) is 0 Å². The van der Waals surface area contributed by atoms with Crippen LogP contribution in [0.5, 0.6) is 0 Å². The highest BCUT2D eigenvalue weighted by atomic mass is 14.9. The van der Waals surface area contributed by atoms with Crippen LogP contribution in [-0.4, -0.2) is 6.54 Å². The molecule has 1 heterocycles. The summed E-state index contributed by atoms with van der Waals surface area (Å²) < 4.78 is 0. The molecule has 1 aromatic rings. The van der Waals surface area contributed by atoms with Crippen molar-refractivity contribution in [2.75, 3.05) is 11.9 Å². The van der Waals surface area contributed by atoms with Gasteiger partial charge in [-0.3, -0.25) is 0 Å². The van der Waals surface area contributed by atoms with Crippen molar-refractivity contribution in [2.24, 2.45) is 0 Å². The van der Waals surface area contributed by atoms with Crippen LogP contribution in [0.25, 0.3) is 0 Å². The molecule has 0 unspecified atom stereocenters. The van der Waals surface area contributed by atoms with Crippen molar-refractivity contribution >= 4 is 5.69 Å². The Labute approximate surface area is 99.7 Å². The van der Waals surface area contributed by atoms with E-state index in [9.17, 15) is 0 Å². The number of allylic oxidation sites excluding steroid dienone is 4. The van der Waals surface area contributed by atoms with Gasteiger partial charge in [0.2, 0.25) is 0 Å². The van der Waals surface area contributed by atoms with Crippen LogP contribution in [0, 0.1) is 0 Å². The van der Waals surface area contributed by atoms with Gasteiger partial charge in [0, 0.05) is 13.7 Å². The summed E-state index contributed by atoms with van der Waals surface area (Å²) in [6.45, 7) is 8.06. The second-order valence-electron chi connectivity index (χ2n) is 3.54. The van der Waals surface area contributed by atoms with E-state index in [1.165, 1.54) is 24.1 Å². The molecule has 1 nitrogen and oxygen atoms in total. The Morgan fingerprint density at radius 3 is 2.44 bits per heavy atom. The molecular weight excluding hydrogens is 194 g/mol. The van der Waals surface area contributed by atoms with Gasteiger partial charge in [0.05, 0.1) is 0 Å². The van der Waals surface area contributed by atoms with Crippen molar-refractivity contribution in [2.45, 2.75) is 12.8 Å². The van der Waals surface area contributed by atoms with Crippen LogP contribution in [0.4, 0.5) is 5.69 Å². The molecule has 0 amide bonds. The zero-order valence-electron chi connectivity index (χ0n) is 9.65. The molecule has 1 heteroatoms. The summed E-state index contributed by atoms with van der Waals surface area (Å²) in [4.78, 5) is 0. The Kier molecular flexibility index (Phi) is 5.79. The van der Waals surface area contributed by atoms with Crippen LogP contribution in [0.2, 0.25) is 0 Å². The molecule has 0 aromatic heterocycles. The van der Waals surface area contributed by atoms with E-state index < -0.39 is 0 Å². The SMILES string of the molecule is C=C/C=C\C=C.[HH].c1ccc2c(c1)CCCN2. The van der Waals surface area contributed by atoms with E-state index in [4.69, 9.17) is 0 Å². The van der Waals surface area contributed by atoms with Gasteiger partial charge in [0.1, 0.15) is 0 Å². The first-order chi connectivity index (χ1) is 7.88. The van der Waals surface area contributed by atoms with Crippen molar-refractivity contribution in [3.8, 4) is 0 Å². The van der Waals surface area contributed by atoms with Gasteiger partial charge in [-0.1, -0.05) is 55.7 Å². The van der Waals surface area contributed by atoms with Gasteiger partial charge >= 0.3 is 0 Å². The summed E-state index contributed by atoms with van der Waals surface area (Å²) in [5.41, 5.74) is 2.79. The molecule has 86 valence electrons. The van der Waals surface area contributed by atoms with Crippen molar-refractivity contribution < 1.29 is 1.43 Å². The summed E-state index contributed by atoms with van der Waals surface area (Å²) in [6.07, 6.45) is 9.59. The molecule has 1 aliphatic heterocycles. The number of fused-ring (bicyclic) bond motifs is 1. The summed E-state index contributed by atoms with van der Waals surface area (Å²) in [6, 6.07) is 8.53. The van der Waals surface area contributed by atoms with Crippen molar-refractivity contribution in [1.82, 2.24) is 0 Å². The number of hydrogen-bond acceptors (Lipinski definition) is 1. The molecule has 16 heavy (non-hydrogen) atoms. The fourth-order valence-corrected chi connectivity index (χ4v) is 1.57. The number of nitrogens with one attached hydrogen (secondary N) is 1. The maximum atomic E-state index is 3.46. The second-order valence-corrected chi connectivity index (χ2v) is 3.54. The molecular formula is C15H21N. The molecule has 0 spiro atoms. The number of benzene rings is 1. The van der Waals surface area contributed by atoms with Crippen LogP contribution in [-0.2, 0) is 6.42 Å². The predicted molar refractivity (Wildman–Crippen MR) is 74.9 cm³/mol. The van der Waals surface area contributed by atoms with Crippen LogP contribution < -0.4 is 5.32 Å². The van der Waals surface area contributed by atoms with Gasteiger partial charge in [-0.2, -0.15) is 0 Å². The van der Waals surface area contributed by atoms with E-state index in [-0.39, 0.29) is 1.43 Å². The van der Waals surface area contributed by atoms with Crippen molar-refractivity contribution in [3.05, 3.63) is 67.3 Å². The van der Waals surface area contributed by atoms with Crippen LogP contribution >= 0.6 is 0 Å². The van der Waals surface area contributed by atoms with E-state index in [0.29, 0.717) is 0 Å². The average Bonchev–Trinajstić information content (AvgIpc) is 2.37. The molecule has 1 aromatic carbocycles. The lowest BCUT2D eigenvalue weighted by Gasteiger charge is -2.16. The van der Waals surface area contributed by atoms with Gasteiger partial charge in [0.15, 0.2) is 0 Å². The lowest BCUT2D eigenvalue weighted by Crippen LogP contribution is -2.10. The fraction of sp³-hybridized carbons (Fsp3) is 0.200. The molecule has 0 radical (unpaired) electrons. The molecule has 0 saturated carbocycles. The van der Waals surface area contributed by atoms with Crippen LogP contribution in [0.15, 0.2) is 61.7 Å². The number of anilines is 1. The highest BCUT2D eigenvalue weighted by Crippen LogP contribution is 2.19. The normalized spacial score (nSPS) is 13.0. The zero-order chi connectivity index (χ0) is 11.6. The maximum absolute atomic E-state index is 3.46. The van der Waals surface area contributed by atoms with E-state index in [1.54, 1.807) is 12.2 Å². The third-order valence-electron chi connectivity index (χ3n) is 2.34. The van der Waals surface area contributed by atoms with Crippen molar-refractivity contribution in [1.29, 1.82) is 0 Å². The molecule has 0 atom stereocenters. The van der Waals surface area contributed by atoms with Crippen LogP contribution in [0.1, 0.15) is 13.4 Å². The number of hydrogen-bond donors (Lipinski definition) is 1. The minimum atomic E-state index is 0. The smallest absolute Gasteiger partial charge is 0.0372 e. The first kappa shape index (κ1) is 12.3. The zero-order valence-corrected chi connectivity index (χ0v) is 9.65. The topological polar surface area (TPSA) is 12.0 Å². The lowest BCUT2D eigenvalue weighted by atomic mass is 10.0. The standard InChI is InChI=1S/C9H11N.C6H8.H2/c1-2-6-9-8(4-1)5-3-7-10-9;1-3-5-6-4-2;/h1-2,4,6,10H,3,5,7H2;3-6H,1-2H2;1H/b;6-5-;. The summed E-state index contributed by atoms with van der Waals surface area (Å²) >= 11 is 0. The largest absolute Gasteiger partial charge is 0.385 e. The lowest BCUT2D eigenvalue weighted by molar-refractivity contribution is 0.830. The molecule has 0 fully saturated rings. The minimum Gasteiger partial charge on any atom is -0.385 e. The number of aryl methyl sites for hydroxylation is 1. The number of para-hydroxylation sites is 1. The van der Waals surface area contributed by atoms with E-state index >= 15 is 0 Å². The Hall–Kier alpha value is -1.76. The van der Waals surface area contributed by atoms with E-state index in [2.05, 4.69) is 42.7 Å². The van der Waals surface area contributed by atoms with Gasteiger partial charge < -0.3 is 5.32 Å². The average molecular weight is 215 g/mol. The van der Waals surface area contributed by atoms with Gasteiger partial charge in [0.25, 0.3) is 0 Å². The third-order valence-corrected chi connectivity index (χ3v) is 2.34. The predicted octanol–water partition coefficient (Wildman–Crippen LogP) is 4.21. The highest BCUT2D eigenvalue weighted by Gasteiger charge is 2.04. The molecule has 2 rings (SSSR count). The molecule has 0 saturated heterocycles. The highest BCUT2D eigenvalue weighted by molar-refractivity contribution is 5.52. The van der Waals surface area contributed by atoms with Crippen molar-refractivity contribution in [3.63, 3.8) is 0 Å². The summed E-state index contributed by atoms with van der Waals surface area (Å²) in [7, 11) is 0. The second kappa shape index (κ2) is 7.52. The molecule has 1 aliphatic rings. The molecule has 0 aliphatic carbocycles. The molecule has 0 bridgehead atoms. The van der Waals surface area contributed by atoms with E-state index in [0.717, 1.165) is 6.54 Å². The Bertz CT molecular complexity index is 334. The fourth-order valence-electron chi connectivity index (χ4n) is 1.57. The first-order valence-corrected chi connectivity index (χ1v) is 5.60. The maximum Gasteiger partial charge on any atom is 0.0372 e. The Morgan fingerprint density at radius 2 is 1.81 bits per heavy atom. The third kappa shape index (κ3) is 4.18. The monoisotopic (exact) mass is 215 g/mol. The van der Waals surface area contributed by atoms with Gasteiger partial charge in [-0.05, 0) is 24.5 Å². The molecule has 1 N–H and O–H groups in total. The summed E-state index contributed by atoms with van der Waals surface area (Å²) in [5, 5.41) is 3.36. The Morgan fingerprint density at radius 1 is 1.12 bits per heavy atom. The Balaban J connectivity index is 0.000000324.